The summed E-state index contributed by atoms with van der Waals surface area (Å²) in [4.78, 5) is 38.1. The van der Waals surface area contributed by atoms with Crippen LogP contribution in [0.4, 0.5) is 0 Å². The molecule has 0 saturated heterocycles. The Balaban J connectivity index is 3.96. The number of carbonyl (C=O) groups excluding carboxylic acids is 2. The van der Waals surface area contributed by atoms with E-state index in [9.17, 15) is 19.0 Å². The van der Waals surface area contributed by atoms with Crippen LogP contribution in [0, 0.1) is 0 Å². The molecule has 9 nitrogen and oxygen atoms in total. The molecule has 0 amide bonds. The average molecular weight is 1250 g/mol. The van der Waals surface area contributed by atoms with Crippen LogP contribution in [-0.2, 0) is 32.7 Å². The molecule has 0 bridgehead atoms. The lowest BCUT2D eigenvalue weighted by Gasteiger charge is -2.28. The van der Waals surface area contributed by atoms with Crippen LogP contribution >= 0.6 is 7.82 Å². The third kappa shape index (κ3) is 72.0. The summed E-state index contributed by atoms with van der Waals surface area (Å²) in [5.41, 5.74) is 0. The molecule has 0 radical (unpaired) electrons. The Morgan fingerprint density at radius 2 is 0.648 bits per heavy atom. The first-order valence-electron chi connectivity index (χ1n) is 36.9. The predicted octanol–water partition coefficient (Wildman–Crippen LogP) is 23.6. The summed E-state index contributed by atoms with van der Waals surface area (Å²) in [6.45, 7) is 4.17. The van der Waals surface area contributed by atoms with E-state index in [0.717, 1.165) is 83.5 Å². The minimum absolute atomic E-state index is 0.0313. The smallest absolute Gasteiger partial charge is 0.306 e. The number of quaternary nitrogens is 1. The van der Waals surface area contributed by atoms with Gasteiger partial charge in [-0.05, 0) is 96.3 Å². The Kier molecular flexibility index (Phi) is 65.9. The highest BCUT2D eigenvalue weighted by atomic mass is 31.2. The van der Waals surface area contributed by atoms with Gasteiger partial charge in [0.15, 0.2) is 6.10 Å². The second-order valence-corrected chi connectivity index (χ2v) is 27.3. The van der Waals surface area contributed by atoms with Crippen molar-refractivity contribution >= 4 is 19.8 Å². The van der Waals surface area contributed by atoms with E-state index in [1.165, 1.54) is 218 Å². The monoisotopic (exact) mass is 1250 g/mol. The van der Waals surface area contributed by atoms with Crippen LogP contribution in [0.5, 0.6) is 0 Å². The fourth-order valence-electron chi connectivity index (χ4n) is 10.5. The number of hydrogen-bond acceptors (Lipinski definition) is 8. The minimum atomic E-state index is -4.64. The van der Waals surface area contributed by atoms with Crippen molar-refractivity contribution in [3.63, 3.8) is 0 Å². The molecule has 0 N–H and O–H groups in total. The number of rotatable bonds is 68. The molecular weight excluding hydrogens is 1110 g/mol. The first-order chi connectivity index (χ1) is 43.0. The van der Waals surface area contributed by atoms with E-state index in [4.69, 9.17) is 18.5 Å². The lowest BCUT2D eigenvalue weighted by atomic mass is 10.0. The summed E-state index contributed by atoms with van der Waals surface area (Å²) >= 11 is 0. The Morgan fingerprint density at radius 3 is 0.977 bits per heavy atom. The van der Waals surface area contributed by atoms with E-state index < -0.39 is 26.5 Å². The van der Waals surface area contributed by atoms with Crippen molar-refractivity contribution in [3.8, 4) is 0 Å². The van der Waals surface area contributed by atoms with Gasteiger partial charge in [-0.1, -0.05) is 323 Å². The maximum atomic E-state index is 12.9. The fourth-order valence-corrected chi connectivity index (χ4v) is 11.2. The molecule has 0 aromatic rings. The normalized spacial score (nSPS) is 13.7. The van der Waals surface area contributed by atoms with E-state index >= 15 is 0 Å². The molecule has 0 aliphatic carbocycles. The van der Waals surface area contributed by atoms with Gasteiger partial charge in [0.25, 0.3) is 7.82 Å². The standard InChI is InChI=1S/C78H140NO8P/c1-6-8-10-12-14-16-18-20-22-24-26-28-30-31-32-33-34-35-36-37-38-39-40-41-42-43-44-45-46-47-49-51-53-55-57-59-61-63-65-67-69-71-78(81)87-76(75-86-88(82,83)85-73-72-79(3,4)5)74-84-77(80)70-68-66-64-62-60-58-56-54-52-50-48-29-27-25-23-21-19-17-15-13-11-9-7-2/h8,10,14,16,20,22,25-28,31-32,34-35,37-38,76H,6-7,9,11-13,15,17-19,21,23-24,29-30,33,36,39-75H2,1-5H3/b10-8-,16-14-,22-20-,27-25-,28-26-,32-31-,35-34-,38-37-. The SMILES string of the molecule is CC/C=C\C/C=C\C/C=C\C/C=C\C/C=C\C/C=C\C/C=C\CCCCCCCCCCCCCCCCCCCCCC(=O)OC(COC(=O)CCCCCCCCCCCCC/C=C\CCCCCCCCCC)COP(=O)([O-])OCC[N+](C)(C)C. The van der Waals surface area contributed by atoms with E-state index in [-0.39, 0.29) is 32.0 Å². The highest BCUT2D eigenvalue weighted by Crippen LogP contribution is 2.38. The third-order valence-electron chi connectivity index (χ3n) is 16.1. The molecule has 0 heterocycles. The van der Waals surface area contributed by atoms with Crippen molar-refractivity contribution in [2.24, 2.45) is 0 Å². The number of phosphoric ester groups is 1. The van der Waals surface area contributed by atoms with Gasteiger partial charge in [0, 0.05) is 12.8 Å². The van der Waals surface area contributed by atoms with E-state index in [2.05, 4.69) is 111 Å². The largest absolute Gasteiger partial charge is 0.756 e. The molecule has 0 saturated carbocycles. The summed E-state index contributed by atoms with van der Waals surface area (Å²) < 4.78 is 34.3. The highest BCUT2D eigenvalue weighted by Gasteiger charge is 2.22. The minimum Gasteiger partial charge on any atom is -0.756 e. The molecule has 510 valence electrons. The van der Waals surface area contributed by atoms with Crippen LogP contribution in [0.2, 0.25) is 0 Å². The van der Waals surface area contributed by atoms with Gasteiger partial charge in [0.1, 0.15) is 19.8 Å². The second kappa shape index (κ2) is 68.3. The second-order valence-electron chi connectivity index (χ2n) is 25.9. The lowest BCUT2D eigenvalue weighted by Crippen LogP contribution is -2.37. The molecule has 2 atom stereocenters. The number of phosphoric acid groups is 1. The van der Waals surface area contributed by atoms with Crippen LogP contribution in [0.15, 0.2) is 97.2 Å². The predicted molar refractivity (Wildman–Crippen MR) is 379 cm³/mol. The van der Waals surface area contributed by atoms with Crippen molar-refractivity contribution in [3.05, 3.63) is 97.2 Å². The Labute approximate surface area is 544 Å². The van der Waals surface area contributed by atoms with Crippen molar-refractivity contribution in [2.75, 3.05) is 47.5 Å². The van der Waals surface area contributed by atoms with Gasteiger partial charge in [-0.25, -0.2) is 0 Å². The van der Waals surface area contributed by atoms with Gasteiger partial charge < -0.3 is 27.9 Å². The molecule has 10 heteroatoms. The number of esters is 2. The van der Waals surface area contributed by atoms with Gasteiger partial charge in [0.2, 0.25) is 0 Å². The van der Waals surface area contributed by atoms with Gasteiger partial charge in [-0.3, -0.25) is 14.2 Å². The summed E-state index contributed by atoms with van der Waals surface area (Å²) in [6, 6.07) is 0. The zero-order valence-corrected chi connectivity index (χ0v) is 59.1. The summed E-state index contributed by atoms with van der Waals surface area (Å²) in [6.07, 6.45) is 95.0. The van der Waals surface area contributed by atoms with Crippen molar-refractivity contribution in [2.45, 2.75) is 341 Å². The molecule has 88 heavy (non-hydrogen) atoms. The fraction of sp³-hybridized carbons (Fsp3) is 0.769. The molecule has 0 fully saturated rings. The van der Waals surface area contributed by atoms with Gasteiger partial charge in [-0.15, -0.1) is 0 Å². The molecule has 0 aromatic heterocycles. The molecule has 0 rings (SSSR count). The number of allylic oxidation sites excluding steroid dienone is 16. The summed E-state index contributed by atoms with van der Waals surface area (Å²) in [7, 11) is 1.17. The molecule has 0 spiro atoms. The topological polar surface area (TPSA) is 111 Å². The van der Waals surface area contributed by atoms with Crippen LogP contribution in [-0.4, -0.2) is 70.0 Å². The first-order valence-corrected chi connectivity index (χ1v) is 38.4. The molecule has 2 unspecified atom stereocenters. The number of carbonyl (C=O) groups is 2. The number of nitrogens with zero attached hydrogens (tertiary/aromatic N) is 1. The Bertz CT molecular complexity index is 1810. The molecule has 0 aromatic carbocycles. The Morgan fingerprint density at radius 1 is 0.364 bits per heavy atom. The van der Waals surface area contributed by atoms with Crippen LogP contribution in [0.1, 0.15) is 335 Å². The van der Waals surface area contributed by atoms with E-state index in [1.807, 2.05) is 21.1 Å². The molecule has 0 aliphatic rings. The lowest BCUT2D eigenvalue weighted by molar-refractivity contribution is -0.870. The molecular formula is C78H140NO8P. The van der Waals surface area contributed by atoms with Crippen molar-refractivity contribution in [1.29, 1.82) is 0 Å². The number of unbranched alkanes of at least 4 members (excludes halogenated alkanes) is 38. The maximum absolute atomic E-state index is 12.9. The van der Waals surface area contributed by atoms with E-state index in [1.54, 1.807) is 0 Å². The van der Waals surface area contributed by atoms with Gasteiger partial charge in [0.05, 0.1) is 27.7 Å². The van der Waals surface area contributed by atoms with Crippen LogP contribution < -0.4 is 4.89 Å². The number of hydrogen-bond donors (Lipinski definition) is 0. The van der Waals surface area contributed by atoms with Crippen LogP contribution in [0.3, 0.4) is 0 Å². The first kappa shape index (κ1) is 84.9. The quantitative estimate of drug-likeness (QED) is 0.0195. The van der Waals surface area contributed by atoms with Crippen molar-refractivity contribution < 1.29 is 42.1 Å². The maximum Gasteiger partial charge on any atom is 0.306 e. The van der Waals surface area contributed by atoms with Crippen LogP contribution in [0.25, 0.3) is 0 Å². The summed E-state index contributed by atoms with van der Waals surface area (Å²) in [5.74, 6) is -0.821. The number of ether oxygens (including phenoxy) is 2. The van der Waals surface area contributed by atoms with Gasteiger partial charge >= 0.3 is 11.9 Å². The van der Waals surface area contributed by atoms with E-state index in [0.29, 0.717) is 17.4 Å². The van der Waals surface area contributed by atoms with Crippen molar-refractivity contribution in [1.82, 2.24) is 0 Å². The third-order valence-corrected chi connectivity index (χ3v) is 17.1. The summed E-state index contributed by atoms with van der Waals surface area (Å²) in [5, 5.41) is 0. The Hall–Kier alpha value is -3.07. The van der Waals surface area contributed by atoms with Gasteiger partial charge in [-0.2, -0.15) is 0 Å². The number of likely N-dealkylation sites (N-methyl/N-ethyl adjacent to an activating group) is 1. The average Bonchev–Trinajstić information content (AvgIpc) is 3.58. The molecule has 0 aliphatic heterocycles. The zero-order valence-electron chi connectivity index (χ0n) is 58.2. The highest BCUT2D eigenvalue weighted by molar-refractivity contribution is 7.45. The zero-order chi connectivity index (χ0) is 64.1.